The molecule has 1 amide bonds. The molecule has 0 atom stereocenters. The summed E-state index contributed by atoms with van der Waals surface area (Å²) in [7, 11) is 1.61. The van der Waals surface area contributed by atoms with Crippen LogP contribution in [-0.4, -0.2) is 38.5 Å². The van der Waals surface area contributed by atoms with E-state index in [1.165, 1.54) is 23.1 Å². The van der Waals surface area contributed by atoms with Crippen LogP contribution in [0.2, 0.25) is 0 Å². The first-order valence-electron chi connectivity index (χ1n) is 9.04. The van der Waals surface area contributed by atoms with Gasteiger partial charge in [-0.05, 0) is 38.5 Å². The van der Waals surface area contributed by atoms with Gasteiger partial charge in [0, 0.05) is 11.9 Å². The number of nitrogens with zero attached hydrogens (tertiary/aromatic N) is 4. The van der Waals surface area contributed by atoms with Crippen LogP contribution in [0, 0.1) is 13.8 Å². The van der Waals surface area contributed by atoms with E-state index < -0.39 is 0 Å². The van der Waals surface area contributed by atoms with Crippen molar-refractivity contribution in [3.05, 3.63) is 40.7 Å². The fraction of sp³-hybridized carbons (Fsp3) is 0.368. The van der Waals surface area contributed by atoms with Gasteiger partial charge >= 0.3 is 0 Å². The Hall–Kier alpha value is -2.59. The number of aryl methyl sites for hydroxylation is 2. The molecule has 0 aliphatic heterocycles. The van der Waals surface area contributed by atoms with E-state index in [0.717, 1.165) is 11.3 Å². The van der Waals surface area contributed by atoms with Crippen LogP contribution in [0.5, 0.6) is 11.5 Å². The van der Waals surface area contributed by atoms with Crippen LogP contribution >= 0.6 is 23.1 Å². The van der Waals surface area contributed by atoms with Gasteiger partial charge in [-0.25, -0.2) is 4.98 Å². The van der Waals surface area contributed by atoms with Crippen molar-refractivity contribution < 1.29 is 14.3 Å². The molecule has 0 fully saturated rings. The topological polar surface area (TPSA) is 91.2 Å². The van der Waals surface area contributed by atoms with E-state index >= 15 is 0 Å². The van der Waals surface area contributed by atoms with Crippen molar-refractivity contribution in [3.63, 3.8) is 0 Å². The maximum atomic E-state index is 12.1. The standard InChI is InChI=1S/C19H23N5O3S2/c1-5-24-16(9-27-14-7-6-12(2)8-15(14)26-4)22-23-19(24)29-11-17(25)21-18-20-13(3)10-28-18/h6-8,10H,5,9,11H2,1-4H3,(H,20,21,25). The average Bonchev–Trinajstić information content (AvgIpc) is 3.30. The summed E-state index contributed by atoms with van der Waals surface area (Å²) in [4.78, 5) is 16.4. The minimum Gasteiger partial charge on any atom is -0.493 e. The third-order valence-corrected chi connectivity index (χ3v) is 5.83. The van der Waals surface area contributed by atoms with Crippen molar-refractivity contribution in [2.45, 2.75) is 39.1 Å². The molecule has 0 radical (unpaired) electrons. The molecule has 0 aliphatic carbocycles. The number of amides is 1. The number of carbonyl (C=O) groups excluding carboxylic acids is 1. The molecule has 3 aromatic rings. The number of hydrogen-bond donors (Lipinski definition) is 1. The number of methoxy groups -OCH3 is 1. The second-order valence-corrected chi connectivity index (χ2v) is 8.02. The number of nitrogens with one attached hydrogen (secondary N) is 1. The number of thioether (sulfide) groups is 1. The lowest BCUT2D eigenvalue weighted by Gasteiger charge is -2.12. The lowest BCUT2D eigenvalue weighted by atomic mass is 10.2. The summed E-state index contributed by atoms with van der Waals surface area (Å²) in [5.74, 6) is 2.11. The highest BCUT2D eigenvalue weighted by molar-refractivity contribution is 7.99. The number of aromatic nitrogens is 4. The Morgan fingerprint density at radius 2 is 2.10 bits per heavy atom. The van der Waals surface area contributed by atoms with Crippen LogP contribution in [-0.2, 0) is 17.9 Å². The van der Waals surface area contributed by atoms with Gasteiger partial charge in [-0.2, -0.15) is 0 Å². The summed E-state index contributed by atoms with van der Waals surface area (Å²) in [5.41, 5.74) is 1.98. The van der Waals surface area contributed by atoms with Gasteiger partial charge in [0.05, 0.1) is 18.6 Å². The Morgan fingerprint density at radius 3 is 2.79 bits per heavy atom. The fourth-order valence-electron chi connectivity index (χ4n) is 2.58. The average molecular weight is 434 g/mol. The van der Waals surface area contributed by atoms with Crippen LogP contribution in [0.4, 0.5) is 5.13 Å². The molecule has 1 aromatic carbocycles. The van der Waals surface area contributed by atoms with E-state index in [9.17, 15) is 4.79 Å². The van der Waals surface area contributed by atoms with Gasteiger partial charge in [0.2, 0.25) is 5.91 Å². The molecule has 1 N–H and O–H groups in total. The number of benzene rings is 1. The zero-order chi connectivity index (χ0) is 20.8. The quantitative estimate of drug-likeness (QED) is 0.515. The maximum absolute atomic E-state index is 12.1. The molecule has 0 spiro atoms. The van der Waals surface area contributed by atoms with Crippen molar-refractivity contribution >= 4 is 34.1 Å². The van der Waals surface area contributed by atoms with Crippen LogP contribution < -0.4 is 14.8 Å². The molecular weight excluding hydrogens is 410 g/mol. The summed E-state index contributed by atoms with van der Waals surface area (Å²) >= 11 is 2.74. The Labute approximate surface area is 177 Å². The summed E-state index contributed by atoms with van der Waals surface area (Å²) in [6, 6.07) is 5.76. The Kier molecular flexibility index (Phi) is 7.10. The molecule has 154 valence electrons. The molecule has 0 saturated carbocycles. The maximum Gasteiger partial charge on any atom is 0.236 e. The summed E-state index contributed by atoms with van der Waals surface area (Å²) in [6.07, 6.45) is 0. The summed E-state index contributed by atoms with van der Waals surface area (Å²) in [5, 5.41) is 14.4. The van der Waals surface area contributed by atoms with Crippen molar-refractivity contribution in [3.8, 4) is 11.5 Å². The molecule has 8 nitrogen and oxygen atoms in total. The van der Waals surface area contributed by atoms with Crippen LogP contribution in [0.1, 0.15) is 24.0 Å². The molecule has 10 heteroatoms. The van der Waals surface area contributed by atoms with E-state index in [1.54, 1.807) is 7.11 Å². The molecule has 3 rings (SSSR count). The largest absolute Gasteiger partial charge is 0.493 e. The molecule has 0 aliphatic rings. The first kappa shape index (κ1) is 21.1. The van der Waals surface area contributed by atoms with Crippen LogP contribution in [0.25, 0.3) is 0 Å². The summed E-state index contributed by atoms with van der Waals surface area (Å²) in [6.45, 7) is 6.81. The minimum absolute atomic E-state index is 0.128. The molecule has 2 heterocycles. The van der Waals surface area contributed by atoms with Gasteiger partial charge in [-0.15, -0.1) is 21.5 Å². The van der Waals surface area contributed by atoms with Gasteiger partial charge in [-0.1, -0.05) is 17.8 Å². The lowest BCUT2D eigenvalue weighted by Crippen LogP contribution is -2.14. The Bertz CT molecular complexity index is 986. The SMILES string of the molecule is CCn1c(COc2ccc(C)cc2OC)nnc1SCC(=O)Nc1nc(C)cs1. The van der Waals surface area contributed by atoms with Crippen molar-refractivity contribution in [1.29, 1.82) is 0 Å². The molecule has 0 saturated heterocycles. The molecule has 0 unspecified atom stereocenters. The predicted molar refractivity (Wildman–Crippen MR) is 114 cm³/mol. The molecule has 29 heavy (non-hydrogen) atoms. The molecule has 0 bridgehead atoms. The van der Waals surface area contributed by atoms with E-state index in [0.29, 0.717) is 34.2 Å². The van der Waals surface area contributed by atoms with Gasteiger partial charge in [-0.3, -0.25) is 4.79 Å². The lowest BCUT2D eigenvalue weighted by molar-refractivity contribution is -0.113. The number of carbonyl (C=O) groups is 1. The number of thiazole rings is 1. The van der Waals surface area contributed by atoms with Crippen LogP contribution in [0.3, 0.4) is 0 Å². The van der Waals surface area contributed by atoms with Gasteiger partial charge in [0.15, 0.2) is 27.6 Å². The number of rotatable bonds is 9. The Balaban J connectivity index is 1.60. The highest BCUT2D eigenvalue weighted by Gasteiger charge is 2.15. The first-order valence-corrected chi connectivity index (χ1v) is 10.9. The predicted octanol–water partition coefficient (Wildman–Crippen LogP) is 3.69. The third-order valence-electron chi connectivity index (χ3n) is 3.98. The number of hydrogen-bond acceptors (Lipinski definition) is 8. The molecular formula is C19H23N5O3S2. The monoisotopic (exact) mass is 433 g/mol. The minimum atomic E-state index is -0.128. The van der Waals surface area contributed by atoms with Gasteiger partial charge in [0.25, 0.3) is 0 Å². The fourth-order valence-corrected chi connectivity index (χ4v) is 4.11. The highest BCUT2D eigenvalue weighted by Crippen LogP contribution is 2.28. The zero-order valence-electron chi connectivity index (χ0n) is 16.8. The van der Waals surface area contributed by atoms with Gasteiger partial charge < -0.3 is 19.4 Å². The van der Waals surface area contributed by atoms with Crippen LogP contribution in [0.15, 0.2) is 28.7 Å². The van der Waals surface area contributed by atoms with E-state index in [1.807, 2.05) is 48.9 Å². The van der Waals surface area contributed by atoms with Crippen molar-refractivity contribution in [2.75, 3.05) is 18.2 Å². The first-order chi connectivity index (χ1) is 14.0. The second-order valence-electron chi connectivity index (χ2n) is 6.22. The highest BCUT2D eigenvalue weighted by atomic mass is 32.2. The normalized spacial score (nSPS) is 10.8. The van der Waals surface area contributed by atoms with Crippen molar-refractivity contribution in [2.24, 2.45) is 0 Å². The summed E-state index contributed by atoms with van der Waals surface area (Å²) < 4.78 is 13.2. The second kappa shape index (κ2) is 9.75. The third kappa shape index (κ3) is 5.48. The van der Waals surface area contributed by atoms with E-state index in [-0.39, 0.29) is 18.3 Å². The van der Waals surface area contributed by atoms with E-state index in [2.05, 4.69) is 20.5 Å². The number of ether oxygens (including phenoxy) is 2. The van der Waals surface area contributed by atoms with E-state index in [4.69, 9.17) is 9.47 Å². The molecule has 2 aromatic heterocycles. The van der Waals surface area contributed by atoms with Gasteiger partial charge in [0.1, 0.15) is 6.61 Å². The van der Waals surface area contributed by atoms with Crippen molar-refractivity contribution in [1.82, 2.24) is 19.7 Å². The Morgan fingerprint density at radius 1 is 1.28 bits per heavy atom. The number of anilines is 1. The zero-order valence-corrected chi connectivity index (χ0v) is 18.4. The smallest absolute Gasteiger partial charge is 0.236 e.